The quantitative estimate of drug-likeness (QED) is 0.550. The van der Waals surface area contributed by atoms with E-state index in [1.807, 2.05) is 0 Å². The summed E-state index contributed by atoms with van der Waals surface area (Å²) in [4.78, 5) is 0. The molecule has 94 valence electrons. The lowest BCUT2D eigenvalue weighted by Crippen LogP contribution is -2.15. The monoisotopic (exact) mass is 222 g/mol. The summed E-state index contributed by atoms with van der Waals surface area (Å²) in [7, 11) is 0. The van der Waals surface area contributed by atoms with Crippen molar-refractivity contribution < 1.29 is 0 Å². The van der Waals surface area contributed by atoms with Gasteiger partial charge in [0.15, 0.2) is 0 Å². The van der Waals surface area contributed by atoms with Gasteiger partial charge in [-0.2, -0.15) is 0 Å². The van der Waals surface area contributed by atoms with Gasteiger partial charge in [-0.3, -0.25) is 0 Å². The van der Waals surface area contributed by atoms with Crippen LogP contribution in [0.25, 0.3) is 0 Å². The lowest BCUT2D eigenvalue weighted by molar-refractivity contribution is 0.256. The minimum Gasteiger partial charge on any atom is -0.0654 e. The van der Waals surface area contributed by atoms with E-state index in [1.54, 1.807) is 0 Å². The lowest BCUT2D eigenvalue weighted by Gasteiger charge is -2.24. The average Bonchev–Trinajstić information content (AvgIpc) is 3.14. The van der Waals surface area contributed by atoms with Crippen molar-refractivity contribution in [3.8, 4) is 0 Å². The first-order valence-electron chi connectivity index (χ1n) is 7.60. The number of hydrogen-bond acceptors (Lipinski definition) is 0. The maximum Gasteiger partial charge on any atom is -0.0297 e. The van der Waals surface area contributed by atoms with E-state index >= 15 is 0 Å². The van der Waals surface area contributed by atoms with Gasteiger partial charge in [-0.1, -0.05) is 47.0 Å². The minimum absolute atomic E-state index is 0.731. The lowest BCUT2D eigenvalue weighted by atomic mass is 9.81. The van der Waals surface area contributed by atoms with E-state index in [1.165, 1.54) is 44.9 Å². The summed E-state index contributed by atoms with van der Waals surface area (Å²) in [6, 6.07) is 0. The van der Waals surface area contributed by atoms with Gasteiger partial charge >= 0.3 is 0 Å². The smallest absolute Gasteiger partial charge is 0.0297 e. The van der Waals surface area contributed by atoms with Crippen LogP contribution < -0.4 is 0 Å². The summed E-state index contributed by atoms with van der Waals surface area (Å²) in [6.45, 7) is 9.77. The molecule has 2 saturated carbocycles. The second-order valence-corrected chi connectivity index (χ2v) is 6.89. The highest BCUT2D eigenvalue weighted by atomic mass is 14.5. The van der Waals surface area contributed by atoms with Gasteiger partial charge in [-0.05, 0) is 54.8 Å². The summed E-state index contributed by atoms with van der Waals surface area (Å²) in [6.07, 6.45) is 10.4. The Morgan fingerprint density at radius 2 is 1.94 bits per heavy atom. The molecule has 4 atom stereocenters. The second kappa shape index (κ2) is 4.70. The van der Waals surface area contributed by atoms with E-state index in [0.717, 1.165) is 29.1 Å². The fraction of sp³-hybridized carbons (Fsp3) is 1.00. The molecule has 0 aromatic rings. The van der Waals surface area contributed by atoms with Crippen molar-refractivity contribution >= 4 is 0 Å². The molecule has 0 spiro atoms. The summed E-state index contributed by atoms with van der Waals surface area (Å²) >= 11 is 0. The Kier molecular flexibility index (Phi) is 3.66. The van der Waals surface area contributed by atoms with Crippen LogP contribution in [0.3, 0.4) is 0 Å². The normalized spacial score (nSPS) is 37.1. The minimum atomic E-state index is 0.731. The Labute approximate surface area is 102 Å². The Bertz CT molecular complexity index is 228. The van der Waals surface area contributed by atoms with Crippen molar-refractivity contribution in [2.24, 2.45) is 29.1 Å². The molecule has 0 heteroatoms. The molecular formula is C16H30. The molecule has 0 bridgehead atoms. The molecule has 0 heterocycles. The predicted octanol–water partition coefficient (Wildman–Crippen LogP) is 5.28. The fourth-order valence-corrected chi connectivity index (χ4v) is 3.64. The molecule has 2 aliphatic rings. The summed E-state index contributed by atoms with van der Waals surface area (Å²) in [5.74, 6) is 4.22. The van der Waals surface area contributed by atoms with E-state index in [9.17, 15) is 0 Å². The zero-order valence-corrected chi connectivity index (χ0v) is 11.8. The van der Waals surface area contributed by atoms with Gasteiger partial charge in [0.05, 0.1) is 0 Å². The molecule has 2 aliphatic carbocycles. The first-order chi connectivity index (χ1) is 7.60. The highest BCUT2D eigenvalue weighted by Gasteiger charge is 2.49. The molecule has 0 aromatic heterocycles. The average molecular weight is 222 g/mol. The Morgan fingerprint density at radius 3 is 2.38 bits per heavy atom. The van der Waals surface area contributed by atoms with Crippen LogP contribution in [0.4, 0.5) is 0 Å². The summed E-state index contributed by atoms with van der Waals surface area (Å²) in [5.41, 5.74) is 0.731. The molecule has 0 aliphatic heterocycles. The van der Waals surface area contributed by atoms with Gasteiger partial charge in [0.25, 0.3) is 0 Å². The molecule has 0 N–H and O–H groups in total. The second-order valence-electron chi connectivity index (χ2n) is 6.89. The Morgan fingerprint density at radius 1 is 1.25 bits per heavy atom. The molecule has 2 fully saturated rings. The first kappa shape index (κ1) is 12.5. The van der Waals surface area contributed by atoms with Crippen LogP contribution in [0.5, 0.6) is 0 Å². The molecule has 0 aromatic carbocycles. The SMILES string of the molecule is CCCC(CC1CC1(C)CC)C(C)C1CC1. The third-order valence-electron chi connectivity index (χ3n) is 5.70. The zero-order chi connectivity index (χ0) is 11.8. The largest absolute Gasteiger partial charge is 0.0654 e. The topological polar surface area (TPSA) is 0 Å². The maximum absolute atomic E-state index is 2.53. The third-order valence-corrected chi connectivity index (χ3v) is 5.70. The van der Waals surface area contributed by atoms with E-state index < -0.39 is 0 Å². The highest BCUT2D eigenvalue weighted by molar-refractivity contribution is 4.99. The molecular weight excluding hydrogens is 192 g/mol. The van der Waals surface area contributed by atoms with E-state index in [-0.39, 0.29) is 0 Å². The van der Waals surface area contributed by atoms with Crippen molar-refractivity contribution in [2.75, 3.05) is 0 Å². The van der Waals surface area contributed by atoms with Crippen LogP contribution in [-0.4, -0.2) is 0 Å². The van der Waals surface area contributed by atoms with Gasteiger partial charge in [0.1, 0.15) is 0 Å². The van der Waals surface area contributed by atoms with E-state index in [4.69, 9.17) is 0 Å². The van der Waals surface area contributed by atoms with E-state index in [2.05, 4.69) is 27.7 Å². The molecule has 0 radical (unpaired) electrons. The first-order valence-corrected chi connectivity index (χ1v) is 7.60. The number of rotatable bonds is 7. The molecule has 16 heavy (non-hydrogen) atoms. The fourth-order valence-electron chi connectivity index (χ4n) is 3.64. The van der Waals surface area contributed by atoms with Gasteiger partial charge in [-0.25, -0.2) is 0 Å². The van der Waals surface area contributed by atoms with Crippen LogP contribution >= 0.6 is 0 Å². The van der Waals surface area contributed by atoms with Crippen molar-refractivity contribution in [1.82, 2.24) is 0 Å². The van der Waals surface area contributed by atoms with Crippen molar-refractivity contribution in [1.29, 1.82) is 0 Å². The Balaban J connectivity index is 1.83. The van der Waals surface area contributed by atoms with Crippen LogP contribution in [0, 0.1) is 29.1 Å². The summed E-state index contributed by atoms with van der Waals surface area (Å²) < 4.78 is 0. The van der Waals surface area contributed by atoms with E-state index in [0.29, 0.717) is 0 Å². The highest BCUT2D eigenvalue weighted by Crippen LogP contribution is 2.59. The van der Waals surface area contributed by atoms with Gasteiger partial charge in [0, 0.05) is 0 Å². The van der Waals surface area contributed by atoms with Crippen LogP contribution in [0.1, 0.15) is 72.6 Å². The van der Waals surface area contributed by atoms with Gasteiger partial charge in [-0.15, -0.1) is 0 Å². The predicted molar refractivity (Wildman–Crippen MR) is 71.4 cm³/mol. The summed E-state index contributed by atoms with van der Waals surface area (Å²) in [5, 5.41) is 0. The maximum atomic E-state index is 2.53. The van der Waals surface area contributed by atoms with Crippen molar-refractivity contribution in [3.63, 3.8) is 0 Å². The van der Waals surface area contributed by atoms with Gasteiger partial charge < -0.3 is 0 Å². The molecule has 0 amide bonds. The zero-order valence-electron chi connectivity index (χ0n) is 11.8. The molecule has 0 nitrogen and oxygen atoms in total. The molecule has 2 rings (SSSR count). The van der Waals surface area contributed by atoms with Crippen LogP contribution in [-0.2, 0) is 0 Å². The Hall–Kier alpha value is 0. The van der Waals surface area contributed by atoms with Crippen molar-refractivity contribution in [3.05, 3.63) is 0 Å². The van der Waals surface area contributed by atoms with Crippen molar-refractivity contribution in [2.45, 2.75) is 72.6 Å². The number of hydrogen-bond donors (Lipinski definition) is 0. The van der Waals surface area contributed by atoms with Crippen LogP contribution in [0.2, 0.25) is 0 Å². The van der Waals surface area contributed by atoms with Gasteiger partial charge in [0.2, 0.25) is 0 Å². The van der Waals surface area contributed by atoms with Crippen LogP contribution in [0.15, 0.2) is 0 Å². The molecule has 0 saturated heterocycles. The molecule has 4 unspecified atom stereocenters. The third kappa shape index (κ3) is 2.63. The standard InChI is InChI=1S/C16H30/c1-5-7-14(12(3)13-8-9-13)10-15-11-16(15,4)6-2/h12-15H,5-11H2,1-4H3.